The quantitative estimate of drug-likeness (QED) is 0.452. The van der Waals surface area contributed by atoms with Gasteiger partial charge in [0.2, 0.25) is 0 Å². The molecular formula is C23H36FNO5. The minimum Gasteiger partial charge on any atom is -0.456 e. The third-order valence-corrected chi connectivity index (χ3v) is 4.81. The number of carbonyl (C=O) groups is 2. The Bertz CT molecular complexity index is 650. The highest BCUT2D eigenvalue weighted by Gasteiger charge is 2.34. The molecule has 1 aromatic rings. The second kappa shape index (κ2) is 12.5. The summed E-state index contributed by atoms with van der Waals surface area (Å²) in [7, 11) is 1.50. The van der Waals surface area contributed by atoms with Crippen molar-refractivity contribution in [3.8, 4) is 0 Å². The topological polar surface area (TPSA) is 65.1 Å². The van der Waals surface area contributed by atoms with Gasteiger partial charge in [-0.1, -0.05) is 51.1 Å². The van der Waals surface area contributed by atoms with Gasteiger partial charge in [0.1, 0.15) is 18.3 Å². The van der Waals surface area contributed by atoms with Gasteiger partial charge in [-0.2, -0.15) is 0 Å². The van der Waals surface area contributed by atoms with Gasteiger partial charge in [-0.3, -0.25) is 4.90 Å². The van der Waals surface area contributed by atoms with E-state index >= 15 is 0 Å². The predicted octanol–water partition coefficient (Wildman–Crippen LogP) is 4.76. The van der Waals surface area contributed by atoms with Crippen LogP contribution in [0.25, 0.3) is 0 Å². The zero-order chi connectivity index (χ0) is 22.7. The second-order valence-electron chi connectivity index (χ2n) is 8.45. The number of likely N-dealkylation sites (N-methyl/N-ethyl adjacent to an activating group) is 1. The summed E-state index contributed by atoms with van der Waals surface area (Å²) in [5.74, 6) is -0.543. The number of amides is 1. The van der Waals surface area contributed by atoms with E-state index in [1.54, 1.807) is 13.8 Å². The smallest absolute Gasteiger partial charge is 0.410 e. The highest BCUT2D eigenvalue weighted by Crippen LogP contribution is 2.19. The molecule has 0 spiro atoms. The zero-order valence-electron chi connectivity index (χ0n) is 19.0. The molecule has 6 nitrogen and oxygen atoms in total. The van der Waals surface area contributed by atoms with Crippen LogP contribution in [0.1, 0.15) is 53.0 Å². The Morgan fingerprint density at radius 2 is 1.80 bits per heavy atom. The van der Waals surface area contributed by atoms with Crippen LogP contribution in [0.2, 0.25) is 0 Å². The average Bonchev–Trinajstić information content (AvgIpc) is 2.70. The standard InChI is InChI=1S/C23H36FNO5/c1-7-23(4,5)30-22(27)25(6)20(13-17(2)3)21(26)29-19(14-24)16-28-15-18-11-9-8-10-12-18/h8-12,17,19-20H,7,13-16H2,1-6H3/t19-,20+/m1/s1. The van der Waals surface area contributed by atoms with Crippen LogP contribution in [0.15, 0.2) is 30.3 Å². The number of alkyl halides is 1. The van der Waals surface area contributed by atoms with Gasteiger partial charge < -0.3 is 14.2 Å². The fourth-order valence-corrected chi connectivity index (χ4v) is 2.60. The Kier molecular flexibility index (Phi) is 10.8. The van der Waals surface area contributed by atoms with Gasteiger partial charge in [0.15, 0.2) is 6.10 Å². The predicted molar refractivity (Wildman–Crippen MR) is 114 cm³/mol. The fraction of sp³-hybridized carbons (Fsp3) is 0.652. The van der Waals surface area contributed by atoms with Crippen molar-refractivity contribution in [1.29, 1.82) is 0 Å². The number of halogens is 1. The molecule has 2 atom stereocenters. The maximum atomic E-state index is 13.4. The maximum Gasteiger partial charge on any atom is 0.410 e. The van der Waals surface area contributed by atoms with E-state index in [0.29, 0.717) is 19.4 Å². The molecule has 0 heterocycles. The van der Waals surface area contributed by atoms with Crippen LogP contribution in [0.5, 0.6) is 0 Å². The number of hydrogen-bond donors (Lipinski definition) is 0. The molecule has 30 heavy (non-hydrogen) atoms. The van der Waals surface area contributed by atoms with E-state index in [1.165, 1.54) is 11.9 Å². The van der Waals surface area contributed by atoms with E-state index in [2.05, 4.69) is 0 Å². The molecule has 7 heteroatoms. The number of carbonyl (C=O) groups excluding carboxylic acids is 2. The molecule has 1 amide bonds. The molecule has 170 valence electrons. The molecule has 0 fully saturated rings. The summed E-state index contributed by atoms with van der Waals surface area (Å²) in [6, 6.07) is 8.59. The molecule has 1 rings (SSSR count). The number of nitrogens with zero attached hydrogens (tertiary/aromatic N) is 1. The monoisotopic (exact) mass is 425 g/mol. The van der Waals surface area contributed by atoms with Crippen molar-refractivity contribution in [3.05, 3.63) is 35.9 Å². The van der Waals surface area contributed by atoms with Crippen molar-refractivity contribution in [2.24, 2.45) is 5.92 Å². The molecule has 0 radical (unpaired) electrons. The third-order valence-electron chi connectivity index (χ3n) is 4.81. The van der Waals surface area contributed by atoms with Crippen LogP contribution >= 0.6 is 0 Å². The Hall–Kier alpha value is -2.15. The number of ether oxygens (including phenoxy) is 3. The maximum absolute atomic E-state index is 13.4. The van der Waals surface area contributed by atoms with Gasteiger partial charge in [-0.05, 0) is 38.2 Å². The summed E-state index contributed by atoms with van der Waals surface area (Å²) in [5, 5.41) is 0. The first-order chi connectivity index (χ1) is 14.1. The third kappa shape index (κ3) is 9.11. The number of benzene rings is 1. The van der Waals surface area contributed by atoms with E-state index in [0.717, 1.165) is 5.56 Å². The van der Waals surface area contributed by atoms with Gasteiger partial charge in [0.05, 0.1) is 13.2 Å². The SMILES string of the molecule is CCC(C)(C)OC(=O)N(C)[C@@H](CC(C)C)C(=O)O[C@H](CF)COCc1ccccc1. The lowest BCUT2D eigenvalue weighted by Gasteiger charge is -2.32. The molecule has 0 saturated carbocycles. The highest BCUT2D eigenvalue weighted by molar-refractivity contribution is 5.81. The fourth-order valence-electron chi connectivity index (χ4n) is 2.60. The van der Waals surface area contributed by atoms with E-state index in [9.17, 15) is 14.0 Å². The summed E-state index contributed by atoms with van der Waals surface area (Å²) in [5.41, 5.74) is 0.296. The average molecular weight is 426 g/mol. The Morgan fingerprint density at radius 3 is 2.33 bits per heavy atom. The van der Waals surface area contributed by atoms with Crippen molar-refractivity contribution < 1.29 is 28.2 Å². The zero-order valence-corrected chi connectivity index (χ0v) is 19.0. The van der Waals surface area contributed by atoms with Crippen LogP contribution in [0, 0.1) is 5.92 Å². The van der Waals surface area contributed by atoms with Gasteiger partial charge in [0, 0.05) is 7.05 Å². The molecule has 0 bridgehead atoms. The summed E-state index contributed by atoms with van der Waals surface area (Å²) in [6.07, 6.45) is -0.635. The minimum absolute atomic E-state index is 0.0669. The molecule has 0 aliphatic rings. The highest BCUT2D eigenvalue weighted by atomic mass is 19.1. The first-order valence-corrected chi connectivity index (χ1v) is 10.4. The molecule has 1 aromatic carbocycles. The van der Waals surface area contributed by atoms with E-state index in [1.807, 2.05) is 51.1 Å². The Morgan fingerprint density at radius 1 is 1.17 bits per heavy atom. The van der Waals surface area contributed by atoms with Crippen LogP contribution < -0.4 is 0 Å². The van der Waals surface area contributed by atoms with Crippen molar-refractivity contribution in [3.63, 3.8) is 0 Å². The number of hydrogen-bond acceptors (Lipinski definition) is 5. The van der Waals surface area contributed by atoms with Crippen LogP contribution in [0.3, 0.4) is 0 Å². The van der Waals surface area contributed by atoms with Crippen molar-refractivity contribution in [1.82, 2.24) is 4.90 Å². The van der Waals surface area contributed by atoms with Crippen LogP contribution in [0.4, 0.5) is 9.18 Å². The lowest BCUT2D eigenvalue weighted by molar-refractivity contribution is -0.160. The lowest BCUT2D eigenvalue weighted by Crippen LogP contribution is -2.47. The summed E-state index contributed by atoms with van der Waals surface area (Å²) in [4.78, 5) is 26.5. The van der Waals surface area contributed by atoms with Gasteiger partial charge in [-0.15, -0.1) is 0 Å². The van der Waals surface area contributed by atoms with Crippen LogP contribution in [-0.2, 0) is 25.6 Å². The summed E-state index contributed by atoms with van der Waals surface area (Å²) < 4.78 is 29.8. The van der Waals surface area contributed by atoms with Crippen molar-refractivity contribution in [2.75, 3.05) is 20.3 Å². The largest absolute Gasteiger partial charge is 0.456 e. The molecule has 0 unspecified atom stereocenters. The molecule has 0 N–H and O–H groups in total. The minimum atomic E-state index is -1.03. The van der Waals surface area contributed by atoms with E-state index < -0.39 is 36.5 Å². The molecule has 0 aromatic heterocycles. The number of esters is 1. The molecule has 0 aliphatic carbocycles. The van der Waals surface area contributed by atoms with Gasteiger partial charge >= 0.3 is 12.1 Å². The van der Waals surface area contributed by atoms with Crippen molar-refractivity contribution >= 4 is 12.1 Å². The number of rotatable bonds is 12. The first kappa shape index (κ1) is 25.9. The van der Waals surface area contributed by atoms with E-state index in [-0.39, 0.29) is 12.5 Å². The first-order valence-electron chi connectivity index (χ1n) is 10.4. The van der Waals surface area contributed by atoms with Gasteiger partial charge in [-0.25, -0.2) is 14.0 Å². The lowest BCUT2D eigenvalue weighted by atomic mass is 10.0. The normalized spacial score (nSPS) is 13.6. The second-order valence-corrected chi connectivity index (χ2v) is 8.45. The Labute approximate surface area is 179 Å². The van der Waals surface area contributed by atoms with E-state index in [4.69, 9.17) is 14.2 Å². The Balaban J connectivity index is 2.71. The summed E-state index contributed by atoms with van der Waals surface area (Å²) in [6.45, 7) is 8.75. The molecule has 0 aliphatic heterocycles. The summed E-state index contributed by atoms with van der Waals surface area (Å²) >= 11 is 0. The van der Waals surface area contributed by atoms with Crippen LogP contribution in [-0.4, -0.2) is 55.0 Å². The molecule has 0 saturated heterocycles. The van der Waals surface area contributed by atoms with Crippen molar-refractivity contribution in [2.45, 2.75) is 71.8 Å². The van der Waals surface area contributed by atoms with Gasteiger partial charge in [0.25, 0.3) is 0 Å². The molecular weight excluding hydrogens is 389 g/mol.